The van der Waals surface area contributed by atoms with Crippen LogP contribution in [0.2, 0.25) is 0 Å². The van der Waals surface area contributed by atoms with Crippen LogP contribution in [-0.4, -0.2) is 12.6 Å². The fourth-order valence-corrected chi connectivity index (χ4v) is 2.68. The number of rotatable bonds is 11. The number of hydrogen-bond donors (Lipinski definition) is 1. The first-order valence-corrected chi connectivity index (χ1v) is 8.24. The average Bonchev–Trinajstić information content (AvgIpc) is 2.43. The second-order valence-electron chi connectivity index (χ2n) is 5.65. The Bertz CT molecular complexity index is 351. The van der Waals surface area contributed by atoms with E-state index >= 15 is 0 Å². The van der Waals surface area contributed by atoms with Crippen molar-refractivity contribution in [2.45, 2.75) is 71.3 Å². The zero-order chi connectivity index (χ0) is 14.6. The number of unbranched alkanes of at least 4 members (excludes halogenated alkanes) is 5. The van der Waals surface area contributed by atoms with E-state index in [4.69, 9.17) is 0 Å². The second kappa shape index (κ2) is 10.8. The van der Waals surface area contributed by atoms with E-state index in [0.29, 0.717) is 6.04 Å². The van der Waals surface area contributed by atoms with Gasteiger partial charge in [0.15, 0.2) is 0 Å². The molecule has 1 atom stereocenters. The fourth-order valence-electron chi connectivity index (χ4n) is 2.68. The summed E-state index contributed by atoms with van der Waals surface area (Å²) in [7, 11) is 0. The monoisotopic (exact) mass is 279 g/mol. The van der Waals surface area contributed by atoms with Crippen molar-refractivity contribution in [2.75, 3.05) is 6.54 Å². The van der Waals surface area contributed by atoms with Gasteiger partial charge in [0.05, 0.1) is 0 Å². The maximum Gasteiger partial charge on any atom is 0.123 e. The smallest absolute Gasteiger partial charge is 0.123 e. The van der Waals surface area contributed by atoms with E-state index in [2.05, 4.69) is 19.2 Å². The van der Waals surface area contributed by atoms with E-state index in [9.17, 15) is 4.39 Å². The van der Waals surface area contributed by atoms with E-state index in [1.54, 1.807) is 12.1 Å². The number of halogens is 1. The van der Waals surface area contributed by atoms with Gasteiger partial charge in [-0.15, -0.1) is 0 Å². The third kappa shape index (κ3) is 7.64. The molecule has 0 saturated carbocycles. The molecule has 2 heteroatoms. The van der Waals surface area contributed by atoms with Crippen molar-refractivity contribution in [1.82, 2.24) is 5.32 Å². The Morgan fingerprint density at radius 1 is 1.05 bits per heavy atom. The lowest BCUT2D eigenvalue weighted by Crippen LogP contribution is -2.30. The van der Waals surface area contributed by atoms with Gasteiger partial charge < -0.3 is 5.32 Å². The zero-order valence-electron chi connectivity index (χ0n) is 13.1. The highest BCUT2D eigenvalue weighted by atomic mass is 19.1. The fraction of sp³-hybridized carbons (Fsp3) is 0.667. The van der Waals surface area contributed by atoms with Gasteiger partial charge in [0.2, 0.25) is 0 Å². The van der Waals surface area contributed by atoms with Gasteiger partial charge in [0, 0.05) is 6.04 Å². The molecule has 114 valence electrons. The predicted octanol–water partition coefficient (Wildman–Crippen LogP) is 5.10. The summed E-state index contributed by atoms with van der Waals surface area (Å²) in [5, 5.41) is 3.53. The van der Waals surface area contributed by atoms with Crippen LogP contribution in [0.3, 0.4) is 0 Å². The third-order valence-electron chi connectivity index (χ3n) is 3.77. The highest BCUT2D eigenvalue weighted by molar-refractivity contribution is 5.17. The van der Waals surface area contributed by atoms with Crippen LogP contribution in [0.25, 0.3) is 0 Å². The van der Waals surface area contributed by atoms with Crippen molar-refractivity contribution in [3.63, 3.8) is 0 Å². The van der Waals surface area contributed by atoms with Crippen molar-refractivity contribution in [2.24, 2.45) is 0 Å². The highest BCUT2D eigenvalue weighted by Gasteiger charge is 2.08. The van der Waals surface area contributed by atoms with Crippen molar-refractivity contribution in [1.29, 1.82) is 0 Å². The lowest BCUT2D eigenvalue weighted by Gasteiger charge is -2.18. The van der Waals surface area contributed by atoms with Crippen molar-refractivity contribution in [3.05, 3.63) is 35.6 Å². The molecule has 20 heavy (non-hydrogen) atoms. The van der Waals surface area contributed by atoms with Crippen LogP contribution in [-0.2, 0) is 6.42 Å². The van der Waals surface area contributed by atoms with Gasteiger partial charge in [-0.1, -0.05) is 64.5 Å². The van der Waals surface area contributed by atoms with Gasteiger partial charge in [0.1, 0.15) is 5.82 Å². The van der Waals surface area contributed by atoms with Crippen LogP contribution in [0.1, 0.15) is 64.4 Å². The quantitative estimate of drug-likeness (QED) is 0.556. The van der Waals surface area contributed by atoms with E-state index in [1.165, 1.54) is 51.0 Å². The molecule has 1 rings (SSSR count). The van der Waals surface area contributed by atoms with E-state index in [0.717, 1.165) is 18.5 Å². The molecule has 0 spiro atoms. The molecule has 0 aliphatic rings. The first kappa shape index (κ1) is 17.2. The molecule has 0 aromatic heterocycles. The summed E-state index contributed by atoms with van der Waals surface area (Å²) in [6, 6.07) is 7.48. The molecule has 0 saturated heterocycles. The van der Waals surface area contributed by atoms with Crippen molar-refractivity contribution >= 4 is 0 Å². The molecule has 0 fully saturated rings. The summed E-state index contributed by atoms with van der Waals surface area (Å²) in [5.41, 5.74) is 1.10. The SMILES string of the molecule is CCCCCCCCC(Cc1cccc(F)c1)NCC. The predicted molar refractivity (Wildman–Crippen MR) is 85.6 cm³/mol. The Kier molecular flexibility index (Phi) is 9.31. The molecule has 0 radical (unpaired) electrons. The van der Waals surface area contributed by atoms with E-state index < -0.39 is 0 Å². The third-order valence-corrected chi connectivity index (χ3v) is 3.77. The number of nitrogens with one attached hydrogen (secondary N) is 1. The standard InChI is InChI=1S/C18H30FN/c1-3-5-6-7-8-9-13-18(20-4-2)15-16-11-10-12-17(19)14-16/h10-12,14,18,20H,3-9,13,15H2,1-2H3. The maximum absolute atomic E-state index is 13.2. The number of hydrogen-bond acceptors (Lipinski definition) is 1. The molecule has 1 unspecified atom stereocenters. The Hall–Kier alpha value is -0.890. The molecule has 0 aliphatic carbocycles. The van der Waals surface area contributed by atoms with Gasteiger partial charge in [0.25, 0.3) is 0 Å². The first-order valence-electron chi connectivity index (χ1n) is 8.24. The summed E-state index contributed by atoms with van der Waals surface area (Å²) in [6.45, 7) is 5.37. The largest absolute Gasteiger partial charge is 0.314 e. The minimum atomic E-state index is -0.127. The Morgan fingerprint density at radius 3 is 2.50 bits per heavy atom. The molecule has 0 amide bonds. The lowest BCUT2D eigenvalue weighted by molar-refractivity contribution is 0.459. The van der Waals surface area contributed by atoms with Gasteiger partial charge in [-0.05, 0) is 37.1 Å². The minimum absolute atomic E-state index is 0.127. The lowest BCUT2D eigenvalue weighted by atomic mass is 9.99. The Morgan fingerprint density at radius 2 is 1.80 bits per heavy atom. The van der Waals surface area contributed by atoms with Crippen molar-refractivity contribution < 1.29 is 4.39 Å². The van der Waals surface area contributed by atoms with E-state index in [1.807, 2.05) is 6.07 Å². The number of likely N-dealkylation sites (N-methyl/N-ethyl adjacent to an activating group) is 1. The summed E-state index contributed by atoms with van der Waals surface area (Å²) < 4.78 is 13.2. The summed E-state index contributed by atoms with van der Waals surface area (Å²) in [6.07, 6.45) is 10.1. The summed E-state index contributed by atoms with van der Waals surface area (Å²) in [5.74, 6) is -0.127. The van der Waals surface area contributed by atoms with Crippen molar-refractivity contribution in [3.8, 4) is 0 Å². The van der Waals surface area contributed by atoms with Crippen LogP contribution < -0.4 is 5.32 Å². The van der Waals surface area contributed by atoms with Crippen LogP contribution in [0.15, 0.2) is 24.3 Å². The summed E-state index contributed by atoms with van der Waals surface area (Å²) in [4.78, 5) is 0. The van der Waals surface area contributed by atoms with Crippen LogP contribution in [0.4, 0.5) is 4.39 Å². The molecule has 1 aromatic carbocycles. The Balaban J connectivity index is 2.29. The molecule has 0 heterocycles. The topological polar surface area (TPSA) is 12.0 Å². The van der Waals surface area contributed by atoms with Gasteiger partial charge in [-0.25, -0.2) is 4.39 Å². The molecule has 1 aromatic rings. The van der Waals surface area contributed by atoms with Crippen LogP contribution in [0, 0.1) is 5.82 Å². The van der Waals surface area contributed by atoms with Gasteiger partial charge in [-0.2, -0.15) is 0 Å². The molecule has 1 N–H and O–H groups in total. The van der Waals surface area contributed by atoms with Gasteiger partial charge >= 0.3 is 0 Å². The summed E-state index contributed by atoms with van der Waals surface area (Å²) >= 11 is 0. The van der Waals surface area contributed by atoms with Gasteiger partial charge in [-0.3, -0.25) is 0 Å². The Labute approximate surface area is 124 Å². The van der Waals surface area contributed by atoms with E-state index in [-0.39, 0.29) is 5.82 Å². The average molecular weight is 279 g/mol. The minimum Gasteiger partial charge on any atom is -0.314 e. The first-order chi connectivity index (χ1) is 9.76. The van der Waals surface area contributed by atoms with Crippen LogP contribution >= 0.6 is 0 Å². The molecular formula is C18H30FN. The molecule has 1 nitrogen and oxygen atoms in total. The molecule has 0 bridgehead atoms. The number of benzene rings is 1. The maximum atomic E-state index is 13.2. The molecule has 0 aliphatic heterocycles. The molecular weight excluding hydrogens is 249 g/mol. The van der Waals surface area contributed by atoms with Crippen LogP contribution in [0.5, 0.6) is 0 Å². The highest BCUT2D eigenvalue weighted by Crippen LogP contribution is 2.13. The second-order valence-corrected chi connectivity index (χ2v) is 5.65. The normalized spacial score (nSPS) is 12.6. The zero-order valence-corrected chi connectivity index (χ0v) is 13.1.